The number of halogens is 3. The van der Waals surface area contributed by atoms with Crippen LogP contribution in [0.15, 0.2) is 66.7 Å². The number of hydrogen-bond acceptors (Lipinski definition) is 1. The molecular weight excluding hydrogens is 337 g/mol. The maximum atomic E-state index is 13.1. The number of benzene rings is 3. The summed E-state index contributed by atoms with van der Waals surface area (Å²) in [4.78, 5) is 0. The van der Waals surface area contributed by atoms with Crippen LogP contribution in [0.1, 0.15) is 37.0 Å². The predicted octanol–water partition coefficient (Wildman–Crippen LogP) is 6.98. The Morgan fingerprint density at radius 1 is 0.962 bits per heavy atom. The number of alkyl halides is 3. The fourth-order valence-corrected chi connectivity index (χ4v) is 2.98. The van der Waals surface area contributed by atoms with Crippen molar-refractivity contribution in [3.8, 4) is 5.75 Å². The van der Waals surface area contributed by atoms with E-state index in [-0.39, 0.29) is 0 Å². The second-order valence-corrected chi connectivity index (χ2v) is 6.19. The molecule has 1 nitrogen and oxygen atoms in total. The molecule has 4 heteroatoms. The Hall–Kier alpha value is -2.49. The lowest BCUT2D eigenvalue weighted by molar-refractivity contribution is -0.137. The van der Waals surface area contributed by atoms with Crippen LogP contribution < -0.4 is 4.74 Å². The maximum Gasteiger partial charge on any atom is 0.416 e. The van der Waals surface area contributed by atoms with Gasteiger partial charge in [-0.2, -0.15) is 13.2 Å². The van der Waals surface area contributed by atoms with Crippen molar-refractivity contribution in [2.24, 2.45) is 0 Å². The molecule has 3 aromatic rings. The molecule has 135 valence electrons. The van der Waals surface area contributed by atoms with Crippen molar-refractivity contribution in [3.63, 3.8) is 0 Å². The van der Waals surface area contributed by atoms with Crippen LogP contribution >= 0.6 is 0 Å². The highest BCUT2D eigenvalue weighted by Gasteiger charge is 2.31. The summed E-state index contributed by atoms with van der Waals surface area (Å²) in [6, 6.07) is 19.0. The van der Waals surface area contributed by atoms with Crippen molar-refractivity contribution >= 4 is 10.8 Å². The Morgan fingerprint density at radius 3 is 2.46 bits per heavy atom. The van der Waals surface area contributed by atoms with Crippen molar-refractivity contribution < 1.29 is 17.9 Å². The highest BCUT2D eigenvalue weighted by molar-refractivity contribution is 5.88. The Labute approximate surface area is 151 Å². The number of rotatable bonds is 6. The molecule has 0 heterocycles. The number of unbranched alkanes of at least 4 members (excludes halogenated alkanes) is 1. The van der Waals surface area contributed by atoms with E-state index in [0.717, 1.165) is 23.3 Å². The van der Waals surface area contributed by atoms with E-state index < -0.39 is 17.8 Å². The molecule has 0 fully saturated rings. The van der Waals surface area contributed by atoms with Crippen molar-refractivity contribution in [2.45, 2.75) is 32.0 Å². The third kappa shape index (κ3) is 4.18. The van der Waals surface area contributed by atoms with Crippen LogP contribution in [-0.4, -0.2) is 0 Å². The molecule has 0 aromatic heterocycles. The molecule has 1 atom stereocenters. The minimum Gasteiger partial charge on any atom is -0.485 e. The molecule has 0 N–H and O–H groups in total. The standard InChI is InChI=1S/C22H20F3O/c1-2-3-13-20(17-10-6-11-18(15-17)22(23,24)25)26-21-14-7-9-16-8-4-5-12-19(16)21/h2,4-12,14-15,20H,3,13H2,1H3. The molecule has 26 heavy (non-hydrogen) atoms. The molecule has 0 amide bonds. The van der Waals surface area contributed by atoms with Gasteiger partial charge in [0.2, 0.25) is 0 Å². The molecule has 3 rings (SSSR count). The summed E-state index contributed by atoms with van der Waals surface area (Å²) in [5, 5.41) is 1.99. The fourth-order valence-electron chi connectivity index (χ4n) is 2.98. The SMILES string of the molecule is C[CH]CCC(Oc1cccc2ccccc12)c1cccc(C(F)(F)F)c1. The van der Waals surface area contributed by atoms with Crippen LogP contribution in [0.3, 0.4) is 0 Å². The predicted molar refractivity (Wildman–Crippen MR) is 98.0 cm³/mol. The van der Waals surface area contributed by atoms with Crippen molar-refractivity contribution in [1.82, 2.24) is 0 Å². The molecular formula is C22H20F3O. The lowest BCUT2D eigenvalue weighted by Gasteiger charge is -2.21. The van der Waals surface area contributed by atoms with Crippen LogP contribution in [-0.2, 0) is 6.18 Å². The first kappa shape index (κ1) is 18.3. The molecule has 0 aliphatic rings. The van der Waals surface area contributed by atoms with Gasteiger partial charge in [0.25, 0.3) is 0 Å². The molecule has 0 saturated heterocycles. The summed E-state index contributed by atoms with van der Waals surface area (Å²) in [6.45, 7) is 1.93. The Kier molecular flexibility index (Phi) is 5.50. The molecule has 1 unspecified atom stereocenters. The number of fused-ring (bicyclic) bond motifs is 1. The van der Waals surface area contributed by atoms with Gasteiger partial charge in [0.1, 0.15) is 11.9 Å². The van der Waals surface area contributed by atoms with Crippen LogP contribution in [0.4, 0.5) is 13.2 Å². The van der Waals surface area contributed by atoms with Gasteiger partial charge < -0.3 is 4.74 Å². The van der Waals surface area contributed by atoms with Crippen molar-refractivity contribution in [2.75, 3.05) is 0 Å². The lowest BCUT2D eigenvalue weighted by Crippen LogP contribution is -2.11. The van der Waals surface area contributed by atoms with Gasteiger partial charge >= 0.3 is 6.18 Å². The van der Waals surface area contributed by atoms with Crippen LogP contribution in [0.2, 0.25) is 0 Å². The first-order chi connectivity index (χ1) is 12.5. The molecule has 0 saturated carbocycles. The van der Waals surface area contributed by atoms with Gasteiger partial charge in [-0.25, -0.2) is 0 Å². The minimum atomic E-state index is -4.36. The molecule has 3 aromatic carbocycles. The monoisotopic (exact) mass is 357 g/mol. The molecule has 0 aliphatic carbocycles. The van der Waals surface area contributed by atoms with E-state index in [1.807, 2.05) is 55.8 Å². The van der Waals surface area contributed by atoms with E-state index in [9.17, 15) is 13.2 Å². The zero-order valence-electron chi connectivity index (χ0n) is 14.5. The number of hydrogen-bond donors (Lipinski definition) is 0. The van der Waals surface area contributed by atoms with Gasteiger partial charge in [0.05, 0.1) is 5.56 Å². The van der Waals surface area contributed by atoms with Crippen LogP contribution in [0.25, 0.3) is 10.8 Å². The van der Waals surface area contributed by atoms with E-state index in [1.165, 1.54) is 12.1 Å². The second kappa shape index (κ2) is 7.81. The van der Waals surface area contributed by atoms with Gasteiger partial charge in [-0.05, 0) is 48.4 Å². The van der Waals surface area contributed by atoms with Gasteiger partial charge in [-0.3, -0.25) is 0 Å². The average molecular weight is 357 g/mol. The first-order valence-electron chi connectivity index (χ1n) is 8.58. The van der Waals surface area contributed by atoms with Crippen LogP contribution in [0.5, 0.6) is 5.75 Å². The van der Waals surface area contributed by atoms with Crippen molar-refractivity contribution in [1.29, 1.82) is 0 Å². The molecule has 0 spiro atoms. The lowest BCUT2D eigenvalue weighted by atomic mass is 10.0. The molecule has 1 radical (unpaired) electrons. The Balaban J connectivity index is 1.96. The van der Waals surface area contributed by atoms with Gasteiger partial charge in [0, 0.05) is 5.39 Å². The third-order valence-electron chi connectivity index (χ3n) is 4.32. The number of ether oxygens (including phenoxy) is 1. The van der Waals surface area contributed by atoms with E-state index in [0.29, 0.717) is 17.7 Å². The van der Waals surface area contributed by atoms with Crippen LogP contribution in [0, 0.1) is 6.42 Å². The summed E-state index contributed by atoms with van der Waals surface area (Å²) < 4.78 is 45.4. The summed E-state index contributed by atoms with van der Waals surface area (Å²) in [7, 11) is 0. The quantitative estimate of drug-likeness (QED) is 0.462. The van der Waals surface area contributed by atoms with E-state index in [4.69, 9.17) is 4.74 Å². The molecule has 0 aliphatic heterocycles. The smallest absolute Gasteiger partial charge is 0.416 e. The first-order valence-corrected chi connectivity index (χ1v) is 8.58. The highest BCUT2D eigenvalue weighted by atomic mass is 19.4. The Bertz CT molecular complexity index is 865. The summed E-state index contributed by atoms with van der Waals surface area (Å²) in [5.74, 6) is 0.682. The topological polar surface area (TPSA) is 9.23 Å². The molecule has 0 bridgehead atoms. The largest absolute Gasteiger partial charge is 0.485 e. The average Bonchev–Trinajstić information content (AvgIpc) is 2.64. The maximum absolute atomic E-state index is 13.1. The van der Waals surface area contributed by atoms with Gasteiger partial charge in [-0.1, -0.05) is 55.5 Å². The normalized spacial score (nSPS) is 12.9. The van der Waals surface area contributed by atoms with E-state index in [1.54, 1.807) is 6.07 Å². The van der Waals surface area contributed by atoms with E-state index in [2.05, 4.69) is 0 Å². The second-order valence-electron chi connectivity index (χ2n) is 6.19. The fraction of sp³-hybridized carbons (Fsp3) is 0.227. The highest BCUT2D eigenvalue weighted by Crippen LogP contribution is 2.35. The minimum absolute atomic E-state index is 0.445. The Morgan fingerprint density at radius 2 is 1.69 bits per heavy atom. The summed E-state index contributed by atoms with van der Waals surface area (Å²) in [6.07, 6.45) is -1.45. The summed E-state index contributed by atoms with van der Waals surface area (Å²) >= 11 is 0. The summed E-state index contributed by atoms with van der Waals surface area (Å²) in [5.41, 5.74) is -0.114. The third-order valence-corrected chi connectivity index (χ3v) is 4.32. The van der Waals surface area contributed by atoms with E-state index >= 15 is 0 Å². The zero-order valence-corrected chi connectivity index (χ0v) is 14.5. The zero-order chi connectivity index (χ0) is 18.6. The van der Waals surface area contributed by atoms with Gasteiger partial charge in [-0.15, -0.1) is 0 Å². The van der Waals surface area contributed by atoms with Crippen molar-refractivity contribution in [3.05, 3.63) is 84.3 Å². The van der Waals surface area contributed by atoms with Gasteiger partial charge in [0.15, 0.2) is 0 Å².